The van der Waals surface area contributed by atoms with E-state index in [1.807, 2.05) is 30.3 Å². The molecule has 0 amide bonds. The van der Waals surface area contributed by atoms with Gasteiger partial charge in [-0.05, 0) is 23.1 Å². The molecule has 108 valence electrons. The van der Waals surface area contributed by atoms with Crippen LogP contribution in [0.15, 0.2) is 82.6 Å². The highest BCUT2D eigenvalue weighted by molar-refractivity contribution is 8.12. The standard InChI is InChI=1S/C19H14OS2/c20-22-17-11-5-9-15-8-4-10-16(19(15)17)21-18(22)13-12-14-6-2-1-3-7-14/h1-13,18H/b13-12+. The van der Waals surface area contributed by atoms with Gasteiger partial charge in [-0.1, -0.05) is 66.7 Å². The molecule has 1 aliphatic rings. The van der Waals surface area contributed by atoms with Gasteiger partial charge in [-0.2, -0.15) is 0 Å². The molecule has 2 atom stereocenters. The average molecular weight is 322 g/mol. The monoisotopic (exact) mass is 322 g/mol. The summed E-state index contributed by atoms with van der Waals surface area (Å²) in [6.07, 6.45) is 4.12. The molecule has 0 spiro atoms. The minimum Gasteiger partial charge on any atom is -0.253 e. The van der Waals surface area contributed by atoms with Gasteiger partial charge in [-0.25, -0.2) is 0 Å². The van der Waals surface area contributed by atoms with E-state index in [9.17, 15) is 4.21 Å². The molecule has 3 aromatic rings. The Balaban J connectivity index is 1.74. The summed E-state index contributed by atoms with van der Waals surface area (Å²) in [4.78, 5) is 2.17. The van der Waals surface area contributed by atoms with E-state index in [-0.39, 0.29) is 4.58 Å². The van der Waals surface area contributed by atoms with Crippen LogP contribution in [-0.2, 0) is 10.8 Å². The second-order valence-corrected chi connectivity index (χ2v) is 8.19. The molecule has 0 radical (unpaired) electrons. The van der Waals surface area contributed by atoms with E-state index in [1.54, 1.807) is 11.8 Å². The molecule has 22 heavy (non-hydrogen) atoms. The van der Waals surface area contributed by atoms with E-state index < -0.39 is 10.8 Å². The second-order valence-electron chi connectivity index (χ2n) is 5.16. The first-order chi connectivity index (χ1) is 10.8. The van der Waals surface area contributed by atoms with Crippen LogP contribution in [0.1, 0.15) is 5.56 Å². The molecule has 0 saturated carbocycles. The van der Waals surface area contributed by atoms with Crippen LogP contribution in [-0.4, -0.2) is 8.79 Å². The van der Waals surface area contributed by atoms with Crippen molar-refractivity contribution in [3.05, 3.63) is 78.4 Å². The van der Waals surface area contributed by atoms with Gasteiger partial charge in [-0.3, -0.25) is 4.21 Å². The van der Waals surface area contributed by atoms with Crippen molar-refractivity contribution in [2.45, 2.75) is 14.4 Å². The van der Waals surface area contributed by atoms with Gasteiger partial charge in [0.2, 0.25) is 0 Å². The molecule has 0 aromatic heterocycles. The van der Waals surface area contributed by atoms with Crippen LogP contribution in [0.2, 0.25) is 0 Å². The quantitative estimate of drug-likeness (QED) is 0.653. The first-order valence-electron chi connectivity index (χ1n) is 7.15. The SMILES string of the molecule is O=S1c2cccc3cccc(c23)SC1/C=C/c1ccccc1. The van der Waals surface area contributed by atoms with Crippen molar-refractivity contribution in [2.24, 2.45) is 0 Å². The molecule has 0 N–H and O–H groups in total. The summed E-state index contributed by atoms with van der Waals surface area (Å²) in [6, 6.07) is 22.5. The topological polar surface area (TPSA) is 17.1 Å². The van der Waals surface area contributed by atoms with Crippen molar-refractivity contribution in [1.29, 1.82) is 0 Å². The Morgan fingerprint density at radius 3 is 2.50 bits per heavy atom. The van der Waals surface area contributed by atoms with Gasteiger partial charge in [0.15, 0.2) is 0 Å². The zero-order valence-electron chi connectivity index (χ0n) is 11.8. The minimum absolute atomic E-state index is 0.0410. The normalized spacial score (nSPS) is 20.5. The lowest BCUT2D eigenvalue weighted by molar-refractivity contribution is 0.684. The van der Waals surface area contributed by atoms with Crippen molar-refractivity contribution in [2.75, 3.05) is 0 Å². The Bertz CT molecular complexity index is 879. The fourth-order valence-electron chi connectivity index (χ4n) is 2.70. The second kappa shape index (κ2) is 5.75. The number of benzene rings is 3. The molecule has 2 unspecified atom stereocenters. The summed E-state index contributed by atoms with van der Waals surface area (Å²) in [5, 5.41) is 2.32. The van der Waals surface area contributed by atoms with Crippen LogP contribution >= 0.6 is 11.8 Å². The van der Waals surface area contributed by atoms with Crippen molar-refractivity contribution >= 4 is 39.4 Å². The predicted molar refractivity (Wildman–Crippen MR) is 95.5 cm³/mol. The molecular weight excluding hydrogens is 308 g/mol. The van der Waals surface area contributed by atoms with E-state index in [0.29, 0.717) is 0 Å². The fourth-order valence-corrected chi connectivity index (χ4v) is 5.76. The molecule has 1 nitrogen and oxygen atoms in total. The third-order valence-electron chi connectivity index (χ3n) is 3.74. The van der Waals surface area contributed by atoms with Gasteiger partial charge < -0.3 is 0 Å². The van der Waals surface area contributed by atoms with Gasteiger partial charge in [0.1, 0.15) is 4.58 Å². The van der Waals surface area contributed by atoms with Gasteiger partial charge in [0, 0.05) is 15.2 Å². The van der Waals surface area contributed by atoms with Gasteiger partial charge >= 0.3 is 0 Å². The highest BCUT2D eigenvalue weighted by Crippen LogP contribution is 2.42. The Kier molecular flexibility index (Phi) is 3.60. The smallest absolute Gasteiger partial charge is 0.108 e. The molecule has 4 rings (SSSR count). The Morgan fingerprint density at radius 1 is 0.909 bits per heavy atom. The molecule has 0 fully saturated rings. The van der Waals surface area contributed by atoms with E-state index in [2.05, 4.69) is 48.6 Å². The van der Waals surface area contributed by atoms with Crippen molar-refractivity contribution in [3.63, 3.8) is 0 Å². The zero-order valence-corrected chi connectivity index (χ0v) is 13.4. The maximum atomic E-state index is 12.9. The van der Waals surface area contributed by atoms with Crippen molar-refractivity contribution < 1.29 is 4.21 Å². The lowest BCUT2D eigenvalue weighted by atomic mass is 10.1. The summed E-state index contributed by atoms with van der Waals surface area (Å²) in [5.74, 6) is 0. The summed E-state index contributed by atoms with van der Waals surface area (Å²) in [6.45, 7) is 0. The highest BCUT2D eigenvalue weighted by Gasteiger charge is 2.26. The van der Waals surface area contributed by atoms with Crippen LogP contribution < -0.4 is 0 Å². The lowest BCUT2D eigenvalue weighted by Gasteiger charge is -2.22. The Morgan fingerprint density at radius 2 is 1.68 bits per heavy atom. The maximum Gasteiger partial charge on any atom is 0.108 e. The summed E-state index contributed by atoms with van der Waals surface area (Å²) < 4.78 is 12.8. The van der Waals surface area contributed by atoms with Crippen LogP contribution in [0.25, 0.3) is 16.8 Å². The van der Waals surface area contributed by atoms with E-state index in [4.69, 9.17) is 0 Å². The van der Waals surface area contributed by atoms with Crippen LogP contribution in [0.5, 0.6) is 0 Å². The van der Waals surface area contributed by atoms with Crippen LogP contribution in [0, 0.1) is 0 Å². The average Bonchev–Trinajstić information content (AvgIpc) is 2.58. The number of thioether (sulfide) groups is 1. The predicted octanol–water partition coefficient (Wildman–Crippen LogP) is 5.09. The first kappa shape index (κ1) is 13.8. The number of rotatable bonds is 2. The van der Waals surface area contributed by atoms with E-state index >= 15 is 0 Å². The van der Waals surface area contributed by atoms with E-state index in [1.165, 1.54) is 10.3 Å². The van der Waals surface area contributed by atoms with Gasteiger partial charge in [0.05, 0.1) is 10.8 Å². The molecule has 0 aliphatic carbocycles. The Labute approximate surface area is 136 Å². The summed E-state index contributed by atoms with van der Waals surface area (Å²) >= 11 is 1.69. The number of hydrogen-bond donors (Lipinski definition) is 0. The van der Waals surface area contributed by atoms with Crippen molar-refractivity contribution in [1.82, 2.24) is 0 Å². The third kappa shape index (κ3) is 2.40. The Hall–Kier alpha value is -1.84. The molecular formula is C19H14OS2. The maximum absolute atomic E-state index is 12.9. The third-order valence-corrected chi connectivity index (χ3v) is 6.89. The molecule has 3 aromatic carbocycles. The van der Waals surface area contributed by atoms with E-state index in [0.717, 1.165) is 15.8 Å². The highest BCUT2D eigenvalue weighted by atomic mass is 32.2. The minimum atomic E-state index is -1.02. The molecule has 0 saturated heterocycles. The number of hydrogen-bond acceptors (Lipinski definition) is 2. The molecule has 1 heterocycles. The molecule has 1 aliphatic heterocycles. The lowest BCUT2D eigenvalue weighted by Crippen LogP contribution is -2.13. The fraction of sp³-hybridized carbons (Fsp3) is 0.0526. The molecule has 0 bridgehead atoms. The van der Waals surface area contributed by atoms with Crippen LogP contribution in [0.3, 0.4) is 0 Å². The summed E-state index contributed by atoms with van der Waals surface area (Å²) in [7, 11) is -1.02. The van der Waals surface area contributed by atoms with Crippen LogP contribution in [0.4, 0.5) is 0 Å². The summed E-state index contributed by atoms with van der Waals surface area (Å²) in [5.41, 5.74) is 1.14. The van der Waals surface area contributed by atoms with Gasteiger partial charge in [-0.15, -0.1) is 11.8 Å². The zero-order chi connectivity index (χ0) is 14.9. The largest absolute Gasteiger partial charge is 0.253 e. The first-order valence-corrected chi connectivity index (χ1v) is 9.24. The molecule has 3 heteroatoms. The van der Waals surface area contributed by atoms with Gasteiger partial charge in [0.25, 0.3) is 0 Å². The van der Waals surface area contributed by atoms with Crippen molar-refractivity contribution in [3.8, 4) is 0 Å².